The van der Waals surface area contributed by atoms with Crippen LogP contribution in [0.3, 0.4) is 0 Å². The molecule has 0 spiro atoms. The van der Waals surface area contributed by atoms with Crippen molar-refractivity contribution in [2.24, 2.45) is 0 Å². The first-order valence-corrected chi connectivity index (χ1v) is 8.38. The zero-order valence-electron chi connectivity index (χ0n) is 13.3. The van der Waals surface area contributed by atoms with Crippen molar-refractivity contribution in [3.63, 3.8) is 0 Å². The SMILES string of the molecule is O=C(Nc1ccc(F)cc1)c1ccc(NSc2ccc(F)c(F)c2)cc1. The zero-order valence-corrected chi connectivity index (χ0v) is 14.1. The fourth-order valence-corrected chi connectivity index (χ4v) is 2.75. The molecule has 3 nitrogen and oxygen atoms in total. The Balaban J connectivity index is 1.59. The zero-order chi connectivity index (χ0) is 18.5. The van der Waals surface area contributed by atoms with Crippen molar-refractivity contribution in [1.82, 2.24) is 0 Å². The molecule has 3 aromatic rings. The highest BCUT2D eigenvalue weighted by Gasteiger charge is 2.07. The van der Waals surface area contributed by atoms with Gasteiger partial charge in [0.1, 0.15) is 5.82 Å². The van der Waals surface area contributed by atoms with Gasteiger partial charge in [0.25, 0.3) is 5.91 Å². The summed E-state index contributed by atoms with van der Waals surface area (Å²) in [6, 6.07) is 15.7. The van der Waals surface area contributed by atoms with Crippen LogP contribution in [0.5, 0.6) is 0 Å². The van der Waals surface area contributed by atoms with E-state index in [1.807, 2.05) is 0 Å². The predicted octanol–water partition coefficient (Wildman–Crippen LogP) is 5.48. The Bertz CT molecular complexity index is 915. The van der Waals surface area contributed by atoms with E-state index in [9.17, 15) is 18.0 Å². The average molecular weight is 374 g/mol. The summed E-state index contributed by atoms with van der Waals surface area (Å²) in [7, 11) is 0. The highest BCUT2D eigenvalue weighted by molar-refractivity contribution is 8.00. The maximum absolute atomic E-state index is 13.2. The maximum Gasteiger partial charge on any atom is 0.255 e. The topological polar surface area (TPSA) is 41.1 Å². The third kappa shape index (κ3) is 4.58. The number of halogens is 3. The highest BCUT2D eigenvalue weighted by atomic mass is 32.2. The molecule has 0 aliphatic rings. The summed E-state index contributed by atoms with van der Waals surface area (Å²) in [6.45, 7) is 0. The number of carbonyl (C=O) groups excluding carboxylic acids is 1. The molecule has 7 heteroatoms. The molecular formula is C19H13F3N2OS. The van der Waals surface area contributed by atoms with Crippen LogP contribution in [0.15, 0.2) is 71.6 Å². The van der Waals surface area contributed by atoms with Crippen LogP contribution in [0.2, 0.25) is 0 Å². The highest BCUT2D eigenvalue weighted by Crippen LogP contribution is 2.23. The Hall–Kier alpha value is -2.93. The lowest BCUT2D eigenvalue weighted by Gasteiger charge is -2.08. The molecule has 132 valence electrons. The normalized spacial score (nSPS) is 10.4. The van der Waals surface area contributed by atoms with Gasteiger partial charge in [-0.25, -0.2) is 13.2 Å². The van der Waals surface area contributed by atoms with Crippen LogP contribution in [-0.4, -0.2) is 5.91 Å². The number of benzene rings is 3. The Morgan fingerprint density at radius 3 is 2.08 bits per heavy atom. The molecule has 0 unspecified atom stereocenters. The quantitative estimate of drug-likeness (QED) is 0.582. The Morgan fingerprint density at radius 2 is 1.42 bits per heavy atom. The molecule has 0 saturated carbocycles. The fourth-order valence-electron chi connectivity index (χ4n) is 2.08. The van der Waals surface area contributed by atoms with E-state index in [0.29, 0.717) is 21.8 Å². The van der Waals surface area contributed by atoms with E-state index in [-0.39, 0.29) is 11.7 Å². The van der Waals surface area contributed by atoms with Crippen LogP contribution in [0, 0.1) is 17.5 Å². The lowest BCUT2D eigenvalue weighted by Crippen LogP contribution is -2.11. The van der Waals surface area contributed by atoms with Gasteiger partial charge in [0, 0.05) is 21.8 Å². The van der Waals surface area contributed by atoms with E-state index in [1.165, 1.54) is 30.3 Å². The number of carbonyl (C=O) groups is 1. The number of nitrogens with one attached hydrogen (secondary N) is 2. The number of anilines is 2. The summed E-state index contributed by atoms with van der Waals surface area (Å²) in [5.41, 5.74) is 1.61. The van der Waals surface area contributed by atoms with Crippen LogP contribution in [0.4, 0.5) is 24.5 Å². The van der Waals surface area contributed by atoms with E-state index in [0.717, 1.165) is 24.1 Å². The summed E-state index contributed by atoms with van der Waals surface area (Å²) < 4.78 is 41.9. The first-order valence-electron chi connectivity index (χ1n) is 7.56. The van der Waals surface area contributed by atoms with Gasteiger partial charge >= 0.3 is 0 Å². The number of hydrogen-bond donors (Lipinski definition) is 2. The van der Waals surface area contributed by atoms with Crippen molar-refractivity contribution in [3.8, 4) is 0 Å². The van der Waals surface area contributed by atoms with E-state index in [2.05, 4.69) is 10.0 Å². The molecular weight excluding hydrogens is 361 g/mol. The largest absolute Gasteiger partial charge is 0.326 e. The molecule has 1 amide bonds. The molecule has 0 aromatic heterocycles. The van der Waals surface area contributed by atoms with Crippen molar-refractivity contribution in [2.45, 2.75) is 4.90 Å². The Kier molecular flexibility index (Phi) is 5.48. The van der Waals surface area contributed by atoms with Gasteiger partial charge in [-0.3, -0.25) is 4.79 Å². The van der Waals surface area contributed by atoms with Gasteiger partial charge < -0.3 is 10.0 Å². The van der Waals surface area contributed by atoms with Crippen LogP contribution >= 0.6 is 11.9 Å². The standard InChI is InChI=1S/C19H13F3N2OS/c20-13-3-7-14(8-4-13)23-19(25)12-1-5-15(6-2-12)24-26-16-9-10-17(21)18(22)11-16/h1-11,24H,(H,23,25). The molecule has 0 atom stereocenters. The summed E-state index contributed by atoms with van der Waals surface area (Å²) >= 11 is 1.12. The first kappa shape index (κ1) is 17.9. The molecule has 0 fully saturated rings. The summed E-state index contributed by atoms with van der Waals surface area (Å²) in [6.07, 6.45) is 0. The first-order chi connectivity index (χ1) is 12.5. The molecule has 2 N–H and O–H groups in total. The second-order valence-corrected chi connectivity index (χ2v) is 6.20. The lowest BCUT2D eigenvalue weighted by atomic mass is 10.2. The molecule has 3 aromatic carbocycles. The van der Waals surface area contributed by atoms with Crippen LogP contribution in [0.25, 0.3) is 0 Å². The maximum atomic E-state index is 13.2. The molecule has 0 aliphatic carbocycles. The molecule has 26 heavy (non-hydrogen) atoms. The van der Waals surface area contributed by atoms with E-state index >= 15 is 0 Å². The average Bonchev–Trinajstić information content (AvgIpc) is 2.65. The van der Waals surface area contributed by atoms with Crippen molar-refractivity contribution in [1.29, 1.82) is 0 Å². The number of amides is 1. The lowest BCUT2D eigenvalue weighted by molar-refractivity contribution is 0.102. The second kappa shape index (κ2) is 7.97. The molecule has 0 saturated heterocycles. The molecule has 3 rings (SSSR count). The van der Waals surface area contributed by atoms with Crippen molar-refractivity contribution < 1.29 is 18.0 Å². The van der Waals surface area contributed by atoms with Gasteiger partial charge in [-0.2, -0.15) is 0 Å². The van der Waals surface area contributed by atoms with E-state index in [1.54, 1.807) is 24.3 Å². The van der Waals surface area contributed by atoms with Crippen LogP contribution in [-0.2, 0) is 0 Å². The number of hydrogen-bond acceptors (Lipinski definition) is 3. The van der Waals surface area contributed by atoms with Gasteiger partial charge in [0.05, 0.1) is 0 Å². The minimum Gasteiger partial charge on any atom is -0.326 e. The van der Waals surface area contributed by atoms with Crippen LogP contribution < -0.4 is 10.0 Å². The molecule has 0 heterocycles. The van der Waals surface area contributed by atoms with Crippen molar-refractivity contribution in [3.05, 3.63) is 89.7 Å². The second-order valence-electron chi connectivity index (χ2n) is 5.32. The third-order valence-corrected chi connectivity index (χ3v) is 4.25. The van der Waals surface area contributed by atoms with E-state index in [4.69, 9.17) is 0 Å². The van der Waals surface area contributed by atoms with Crippen LogP contribution in [0.1, 0.15) is 10.4 Å². The smallest absolute Gasteiger partial charge is 0.255 e. The Labute approximate surface area is 152 Å². The summed E-state index contributed by atoms with van der Waals surface area (Å²) in [5.74, 6) is -2.51. The number of rotatable bonds is 5. The Morgan fingerprint density at radius 1 is 0.769 bits per heavy atom. The van der Waals surface area contributed by atoms with Gasteiger partial charge in [-0.05, 0) is 78.7 Å². The van der Waals surface area contributed by atoms with Crippen molar-refractivity contribution in [2.75, 3.05) is 10.0 Å². The minimum absolute atomic E-state index is 0.323. The van der Waals surface area contributed by atoms with Crippen molar-refractivity contribution >= 4 is 29.2 Å². The monoisotopic (exact) mass is 374 g/mol. The summed E-state index contributed by atoms with van der Waals surface area (Å²) in [5, 5.41) is 2.67. The molecule has 0 radical (unpaired) electrons. The fraction of sp³-hybridized carbons (Fsp3) is 0. The molecule has 0 aliphatic heterocycles. The van der Waals surface area contributed by atoms with E-state index < -0.39 is 11.6 Å². The van der Waals surface area contributed by atoms with Gasteiger partial charge in [-0.15, -0.1) is 0 Å². The minimum atomic E-state index is -0.912. The predicted molar refractivity (Wildman–Crippen MR) is 96.6 cm³/mol. The third-order valence-electron chi connectivity index (χ3n) is 3.43. The summed E-state index contributed by atoms with van der Waals surface area (Å²) in [4.78, 5) is 12.7. The van der Waals surface area contributed by atoms with Gasteiger partial charge in [0.2, 0.25) is 0 Å². The van der Waals surface area contributed by atoms with Gasteiger partial charge in [-0.1, -0.05) is 0 Å². The molecule has 0 bridgehead atoms. The van der Waals surface area contributed by atoms with Gasteiger partial charge in [0.15, 0.2) is 11.6 Å².